The number of anilines is 3. The second-order valence-corrected chi connectivity index (χ2v) is 7.94. The summed E-state index contributed by atoms with van der Waals surface area (Å²) in [6.45, 7) is 3.08. The topological polar surface area (TPSA) is 121 Å². The summed E-state index contributed by atoms with van der Waals surface area (Å²) in [5.41, 5.74) is 2.21. The lowest BCUT2D eigenvalue weighted by molar-refractivity contribution is -0.122. The highest BCUT2D eigenvalue weighted by atomic mass is 16.7. The number of benzene rings is 2. The zero-order valence-corrected chi connectivity index (χ0v) is 18.8. The smallest absolute Gasteiger partial charge is 0.325 e. The van der Waals surface area contributed by atoms with Gasteiger partial charge in [0.2, 0.25) is 18.6 Å². The van der Waals surface area contributed by atoms with Crippen molar-refractivity contribution in [3.63, 3.8) is 0 Å². The van der Waals surface area contributed by atoms with Gasteiger partial charge in [0.15, 0.2) is 11.5 Å². The van der Waals surface area contributed by atoms with Crippen LogP contribution < -0.4 is 30.3 Å². The van der Waals surface area contributed by atoms with E-state index in [4.69, 9.17) is 14.2 Å². The van der Waals surface area contributed by atoms with Crippen LogP contribution in [0.5, 0.6) is 11.5 Å². The number of hydrogen-bond donors (Lipinski definition) is 3. The zero-order chi connectivity index (χ0) is 23.9. The summed E-state index contributed by atoms with van der Waals surface area (Å²) in [4.78, 5) is 40.3. The van der Waals surface area contributed by atoms with Crippen LogP contribution in [0.4, 0.5) is 21.9 Å². The van der Waals surface area contributed by atoms with Gasteiger partial charge >= 0.3 is 6.03 Å². The number of imide groups is 1. The lowest BCUT2D eigenvalue weighted by Crippen LogP contribution is -2.42. The Bertz CT molecular complexity index is 1040. The summed E-state index contributed by atoms with van der Waals surface area (Å²) in [5.74, 6) is 0.309. The Hall–Kier alpha value is -3.83. The van der Waals surface area contributed by atoms with Crippen LogP contribution in [0.3, 0.4) is 0 Å². The predicted molar refractivity (Wildman–Crippen MR) is 125 cm³/mol. The fraction of sp³-hybridized carbons (Fsp3) is 0.348. The highest BCUT2D eigenvalue weighted by molar-refractivity contribution is 6.02. The minimum Gasteiger partial charge on any atom is -0.454 e. The van der Waals surface area contributed by atoms with Crippen molar-refractivity contribution in [1.82, 2.24) is 10.2 Å². The Kier molecular flexibility index (Phi) is 7.45. The molecule has 180 valence electrons. The predicted octanol–water partition coefficient (Wildman–Crippen LogP) is 1.47. The Morgan fingerprint density at radius 1 is 0.882 bits per heavy atom. The number of fused-ring (bicyclic) bond motifs is 1. The average Bonchev–Trinajstić information content (AvgIpc) is 3.27. The summed E-state index contributed by atoms with van der Waals surface area (Å²) >= 11 is 0. The van der Waals surface area contributed by atoms with Crippen LogP contribution >= 0.6 is 0 Å². The standard InChI is InChI=1S/C23H27N5O6/c1-27(13-21(29)24-16-2-5-18(6-3-16)28-8-10-32-11-9-28)14-22(30)26-23(31)25-17-4-7-19-20(12-17)34-15-33-19/h2-7,12H,8-11,13-15H2,1H3,(H,24,29)(H2,25,26,30,31). The summed E-state index contributed by atoms with van der Waals surface area (Å²) in [6.07, 6.45) is 0. The molecule has 0 saturated carbocycles. The molecular weight excluding hydrogens is 442 g/mol. The number of urea groups is 1. The first kappa shape index (κ1) is 23.3. The molecule has 11 nitrogen and oxygen atoms in total. The molecule has 0 spiro atoms. The lowest BCUT2D eigenvalue weighted by Gasteiger charge is -2.28. The second kappa shape index (κ2) is 10.9. The minimum atomic E-state index is -0.679. The molecule has 1 fully saturated rings. The number of likely N-dealkylation sites (N-methyl/N-ethyl adjacent to an activating group) is 1. The molecule has 2 aromatic carbocycles. The van der Waals surface area contributed by atoms with E-state index in [9.17, 15) is 14.4 Å². The maximum Gasteiger partial charge on any atom is 0.325 e. The molecule has 34 heavy (non-hydrogen) atoms. The number of hydrogen-bond acceptors (Lipinski definition) is 8. The van der Waals surface area contributed by atoms with Gasteiger partial charge < -0.3 is 29.7 Å². The molecule has 1 saturated heterocycles. The van der Waals surface area contributed by atoms with Gasteiger partial charge in [0.05, 0.1) is 26.3 Å². The normalized spacial score (nSPS) is 14.6. The van der Waals surface area contributed by atoms with E-state index in [1.807, 2.05) is 24.3 Å². The van der Waals surface area contributed by atoms with Crippen LogP contribution in [0, 0.1) is 0 Å². The molecule has 2 aromatic rings. The first-order valence-electron chi connectivity index (χ1n) is 10.9. The van der Waals surface area contributed by atoms with E-state index in [0.717, 1.165) is 18.8 Å². The van der Waals surface area contributed by atoms with Crippen molar-refractivity contribution in [2.75, 3.05) is 68.8 Å². The summed E-state index contributed by atoms with van der Waals surface area (Å²) in [6, 6.07) is 11.8. The van der Waals surface area contributed by atoms with Gasteiger partial charge in [0.1, 0.15) is 0 Å². The van der Waals surface area contributed by atoms with Gasteiger partial charge in [0, 0.05) is 36.2 Å². The number of nitrogens with zero attached hydrogens (tertiary/aromatic N) is 2. The molecule has 0 bridgehead atoms. The van der Waals surface area contributed by atoms with Crippen molar-refractivity contribution in [1.29, 1.82) is 0 Å². The fourth-order valence-corrected chi connectivity index (χ4v) is 3.63. The third-order valence-electron chi connectivity index (χ3n) is 5.24. The van der Waals surface area contributed by atoms with E-state index in [2.05, 4.69) is 20.9 Å². The second-order valence-electron chi connectivity index (χ2n) is 7.94. The van der Waals surface area contributed by atoms with E-state index < -0.39 is 11.9 Å². The molecule has 4 rings (SSSR count). The first-order chi connectivity index (χ1) is 16.5. The van der Waals surface area contributed by atoms with Crippen LogP contribution in [0.2, 0.25) is 0 Å². The van der Waals surface area contributed by atoms with Gasteiger partial charge in [-0.15, -0.1) is 0 Å². The fourth-order valence-electron chi connectivity index (χ4n) is 3.63. The van der Waals surface area contributed by atoms with E-state index in [-0.39, 0.29) is 25.8 Å². The number of nitrogens with one attached hydrogen (secondary N) is 3. The maximum absolute atomic E-state index is 12.3. The van der Waals surface area contributed by atoms with Gasteiger partial charge in [-0.2, -0.15) is 0 Å². The summed E-state index contributed by atoms with van der Waals surface area (Å²) < 4.78 is 15.8. The number of morpholine rings is 1. The molecule has 11 heteroatoms. The quantitative estimate of drug-likeness (QED) is 0.558. The van der Waals surface area contributed by atoms with Crippen molar-refractivity contribution in [2.45, 2.75) is 0 Å². The number of rotatable bonds is 7. The summed E-state index contributed by atoms with van der Waals surface area (Å²) in [5, 5.41) is 7.62. The molecule has 3 N–H and O–H groups in total. The molecule has 0 unspecified atom stereocenters. The molecular formula is C23H27N5O6. The highest BCUT2D eigenvalue weighted by Gasteiger charge is 2.17. The Balaban J connectivity index is 1.18. The molecule has 2 aliphatic rings. The van der Waals surface area contributed by atoms with E-state index in [0.29, 0.717) is 36.1 Å². The highest BCUT2D eigenvalue weighted by Crippen LogP contribution is 2.34. The van der Waals surface area contributed by atoms with E-state index in [1.165, 1.54) is 4.90 Å². The maximum atomic E-state index is 12.3. The van der Waals surface area contributed by atoms with Gasteiger partial charge in [0.25, 0.3) is 0 Å². The Morgan fingerprint density at radius 3 is 2.32 bits per heavy atom. The minimum absolute atomic E-state index is 0.0115. The monoisotopic (exact) mass is 469 g/mol. The van der Waals surface area contributed by atoms with Crippen molar-refractivity contribution in [3.8, 4) is 11.5 Å². The molecule has 4 amide bonds. The molecule has 0 atom stereocenters. The third kappa shape index (κ3) is 6.36. The number of ether oxygens (including phenoxy) is 3. The van der Waals surface area contributed by atoms with Crippen LogP contribution in [-0.4, -0.2) is 76.0 Å². The zero-order valence-electron chi connectivity index (χ0n) is 18.8. The number of amides is 4. The van der Waals surface area contributed by atoms with E-state index >= 15 is 0 Å². The van der Waals surface area contributed by atoms with E-state index in [1.54, 1.807) is 25.2 Å². The SMILES string of the molecule is CN(CC(=O)NC(=O)Nc1ccc2c(c1)OCO2)CC(=O)Nc1ccc(N2CCOCC2)cc1. The summed E-state index contributed by atoms with van der Waals surface area (Å²) in [7, 11) is 1.62. The van der Waals surface area contributed by atoms with Crippen LogP contribution in [0.15, 0.2) is 42.5 Å². The number of carbonyl (C=O) groups excluding carboxylic acids is 3. The molecule has 2 heterocycles. The van der Waals surface area contributed by atoms with Gasteiger partial charge in [-0.1, -0.05) is 0 Å². The Morgan fingerprint density at radius 2 is 1.56 bits per heavy atom. The lowest BCUT2D eigenvalue weighted by atomic mass is 10.2. The largest absolute Gasteiger partial charge is 0.454 e. The Labute approximate surface area is 196 Å². The van der Waals surface area contributed by atoms with Gasteiger partial charge in [-0.25, -0.2) is 4.79 Å². The van der Waals surface area contributed by atoms with Crippen molar-refractivity contribution in [2.24, 2.45) is 0 Å². The van der Waals surface area contributed by atoms with Crippen molar-refractivity contribution >= 4 is 34.9 Å². The van der Waals surface area contributed by atoms with Crippen molar-refractivity contribution < 1.29 is 28.6 Å². The molecule has 0 radical (unpaired) electrons. The van der Waals surface area contributed by atoms with Gasteiger partial charge in [-0.05, 0) is 43.4 Å². The van der Waals surface area contributed by atoms with Crippen molar-refractivity contribution in [3.05, 3.63) is 42.5 Å². The van der Waals surface area contributed by atoms with Crippen LogP contribution in [0.1, 0.15) is 0 Å². The average molecular weight is 469 g/mol. The third-order valence-corrected chi connectivity index (χ3v) is 5.24. The number of carbonyl (C=O) groups is 3. The first-order valence-corrected chi connectivity index (χ1v) is 10.9. The molecule has 2 aliphatic heterocycles. The van der Waals surface area contributed by atoms with Crippen LogP contribution in [-0.2, 0) is 14.3 Å². The molecule has 0 aliphatic carbocycles. The van der Waals surface area contributed by atoms with Gasteiger partial charge in [-0.3, -0.25) is 19.8 Å². The molecule has 0 aromatic heterocycles. The van der Waals surface area contributed by atoms with Crippen LogP contribution in [0.25, 0.3) is 0 Å².